The number of halogens is 4. The molecule has 1 aliphatic rings. The molecule has 13 heteroatoms. The zero-order valence-corrected chi connectivity index (χ0v) is 19.6. The Bertz CT molecular complexity index is 1090. The van der Waals surface area contributed by atoms with E-state index < -0.39 is 41.4 Å². The molecule has 35 heavy (non-hydrogen) atoms. The Hall–Kier alpha value is -2.80. The average molecular weight is 518 g/mol. The van der Waals surface area contributed by atoms with Crippen molar-refractivity contribution in [2.45, 2.75) is 68.5 Å². The first-order valence-corrected chi connectivity index (χ1v) is 12.0. The number of carbonyl (C=O) groups excluding carboxylic acids is 1. The number of anilines is 3. The Morgan fingerprint density at radius 2 is 2.11 bits per heavy atom. The van der Waals surface area contributed by atoms with E-state index in [4.69, 9.17) is 10.5 Å². The lowest BCUT2D eigenvalue weighted by atomic mass is 10.00. The van der Waals surface area contributed by atoms with E-state index in [1.807, 2.05) is 0 Å². The van der Waals surface area contributed by atoms with Gasteiger partial charge in [-0.3, -0.25) is 9.00 Å². The summed E-state index contributed by atoms with van der Waals surface area (Å²) in [6, 6.07) is 3.33. The van der Waals surface area contributed by atoms with Crippen LogP contribution in [-0.2, 0) is 20.6 Å². The maximum atomic E-state index is 14.1. The number of nitrogens with zero attached hydrogens (tertiary/aromatic N) is 2. The molecule has 0 radical (unpaired) electrons. The van der Waals surface area contributed by atoms with Crippen molar-refractivity contribution in [2.24, 2.45) is 5.92 Å². The second-order valence-electron chi connectivity index (χ2n) is 8.62. The molecule has 2 aromatic rings. The van der Waals surface area contributed by atoms with Gasteiger partial charge in [-0.1, -0.05) is 6.92 Å². The molecule has 4 atom stereocenters. The number of hydrogen-bond donors (Lipinski definition) is 2. The maximum absolute atomic E-state index is 14.1. The topological polar surface area (TPSA) is 130 Å². The highest BCUT2D eigenvalue weighted by Crippen LogP contribution is 2.38. The largest absolute Gasteiger partial charge is 0.768 e. The summed E-state index contributed by atoms with van der Waals surface area (Å²) in [6.45, 7) is 1.45. The number of hydrogen-bond acceptors (Lipinski definition) is 8. The normalized spacial score (nSPS) is 19.8. The molecule has 0 saturated heterocycles. The van der Waals surface area contributed by atoms with Gasteiger partial charge in [-0.05, 0) is 66.8 Å². The van der Waals surface area contributed by atoms with Gasteiger partial charge in [0.1, 0.15) is 17.7 Å². The van der Waals surface area contributed by atoms with Gasteiger partial charge in [0.25, 0.3) is 0 Å². The first-order chi connectivity index (χ1) is 16.4. The summed E-state index contributed by atoms with van der Waals surface area (Å²) in [5, 5.41) is 2.65. The van der Waals surface area contributed by atoms with E-state index in [9.17, 15) is 31.1 Å². The predicted octanol–water partition coefficient (Wildman–Crippen LogP) is 4.73. The summed E-state index contributed by atoms with van der Waals surface area (Å²) < 4.78 is 78.6. The third-order valence-corrected chi connectivity index (χ3v) is 6.41. The minimum Gasteiger partial charge on any atom is -0.768 e. The van der Waals surface area contributed by atoms with Crippen molar-refractivity contribution < 1.29 is 35.9 Å². The number of carbonyl (C=O) groups is 1. The molecule has 1 aliphatic carbocycles. The van der Waals surface area contributed by atoms with Gasteiger partial charge in [-0.25, -0.2) is 9.37 Å². The maximum Gasteiger partial charge on any atom is 0.389 e. The highest BCUT2D eigenvalue weighted by molar-refractivity contribution is 7.79. The zero-order chi connectivity index (χ0) is 25.8. The van der Waals surface area contributed by atoms with E-state index in [0.29, 0.717) is 24.8 Å². The van der Waals surface area contributed by atoms with Crippen LogP contribution in [0, 0.1) is 11.7 Å². The molecule has 0 bridgehead atoms. The van der Waals surface area contributed by atoms with Gasteiger partial charge in [0.05, 0.1) is 5.69 Å². The first kappa shape index (κ1) is 26.8. The summed E-state index contributed by atoms with van der Waals surface area (Å²) in [5.41, 5.74) is 6.69. The van der Waals surface area contributed by atoms with Gasteiger partial charge in [0.15, 0.2) is 0 Å². The number of benzene rings is 1. The van der Waals surface area contributed by atoms with Crippen molar-refractivity contribution in [3.63, 3.8) is 0 Å². The standard InChI is InChI=1S/C22H26F4N4O4S/c1-12(10-22(24,25)26)2-7-19(31)34-14-4-3-13(8-14)16-11-28-21(30-20(16)27)29-18-6-5-15(35(32)33)9-17(18)23/h5-6,9,11-14H,2-4,7-8,10H2,1H3,(H,32,33)(H3,27,28,29,30)/p-1/t12-,13+,14-/m1/s1. The second kappa shape index (κ2) is 11.3. The molecule has 1 aromatic heterocycles. The highest BCUT2D eigenvalue weighted by atomic mass is 32.2. The van der Waals surface area contributed by atoms with Gasteiger partial charge in [0, 0.05) is 29.5 Å². The Morgan fingerprint density at radius 3 is 2.74 bits per heavy atom. The lowest BCUT2D eigenvalue weighted by Gasteiger charge is -2.16. The molecule has 1 aromatic carbocycles. The fourth-order valence-electron chi connectivity index (χ4n) is 4.04. The molecule has 0 aliphatic heterocycles. The molecular formula is C22H25F4N4O4S-. The second-order valence-corrected chi connectivity index (χ2v) is 9.56. The third kappa shape index (κ3) is 7.85. The summed E-state index contributed by atoms with van der Waals surface area (Å²) in [6.07, 6.45) is -2.33. The minimum absolute atomic E-state index is 0.0232. The van der Waals surface area contributed by atoms with Crippen molar-refractivity contribution >= 4 is 34.5 Å². The smallest absolute Gasteiger partial charge is 0.389 e. The monoisotopic (exact) mass is 517 g/mol. The molecule has 1 saturated carbocycles. The van der Waals surface area contributed by atoms with Crippen molar-refractivity contribution in [3.05, 3.63) is 35.8 Å². The Labute approximate surface area is 202 Å². The number of nitrogens with two attached hydrogens (primary N) is 1. The minimum atomic E-state index is -4.26. The van der Waals surface area contributed by atoms with Crippen LogP contribution < -0.4 is 11.1 Å². The number of rotatable bonds is 9. The highest BCUT2D eigenvalue weighted by Gasteiger charge is 2.32. The van der Waals surface area contributed by atoms with Gasteiger partial charge >= 0.3 is 12.1 Å². The van der Waals surface area contributed by atoms with Gasteiger partial charge < -0.3 is 20.3 Å². The number of ether oxygens (including phenoxy) is 1. The van der Waals surface area contributed by atoms with Gasteiger partial charge in [-0.15, -0.1) is 0 Å². The van der Waals surface area contributed by atoms with E-state index in [0.717, 1.165) is 6.07 Å². The van der Waals surface area contributed by atoms with E-state index in [1.54, 1.807) is 0 Å². The summed E-state index contributed by atoms with van der Waals surface area (Å²) >= 11 is -2.56. The van der Waals surface area contributed by atoms with Crippen LogP contribution in [-0.4, -0.2) is 37.0 Å². The fraction of sp³-hybridized carbons (Fsp3) is 0.500. The molecule has 3 N–H and O–H groups in total. The van der Waals surface area contributed by atoms with Crippen LogP contribution in [0.25, 0.3) is 0 Å². The van der Waals surface area contributed by atoms with E-state index in [2.05, 4.69) is 15.3 Å². The first-order valence-electron chi connectivity index (χ1n) is 11.0. The van der Waals surface area contributed by atoms with Crippen molar-refractivity contribution in [1.82, 2.24) is 9.97 Å². The van der Waals surface area contributed by atoms with E-state index in [-0.39, 0.29) is 47.2 Å². The molecule has 0 spiro atoms. The van der Waals surface area contributed by atoms with Crippen LogP contribution in [0.5, 0.6) is 0 Å². The number of nitrogen functional groups attached to an aromatic ring is 1. The zero-order valence-electron chi connectivity index (χ0n) is 18.8. The van der Waals surface area contributed by atoms with Crippen molar-refractivity contribution in [2.75, 3.05) is 11.1 Å². The van der Waals surface area contributed by atoms with E-state index in [1.165, 1.54) is 25.3 Å². The Morgan fingerprint density at radius 1 is 1.37 bits per heavy atom. The molecule has 192 valence electrons. The third-order valence-electron chi connectivity index (χ3n) is 5.77. The molecular weight excluding hydrogens is 492 g/mol. The van der Waals surface area contributed by atoms with Gasteiger partial charge in [0.2, 0.25) is 5.95 Å². The number of alkyl halides is 3. The molecule has 1 unspecified atom stereocenters. The van der Waals surface area contributed by atoms with Crippen LogP contribution in [0.2, 0.25) is 0 Å². The SMILES string of the molecule is C[C@H](CCC(=O)O[C@@H]1CC[C@H](c2cnc(Nc3ccc(S(=O)[O-])cc3F)nc2N)C1)CC(F)(F)F. The van der Waals surface area contributed by atoms with E-state index >= 15 is 0 Å². The fourth-order valence-corrected chi connectivity index (χ4v) is 4.42. The van der Waals surface area contributed by atoms with Gasteiger partial charge in [-0.2, -0.15) is 18.2 Å². The van der Waals surface area contributed by atoms with Crippen molar-refractivity contribution in [3.8, 4) is 0 Å². The quantitative estimate of drug-likeness (QED) is 0.277. The van der Waals surface area contributed by atoms with Crippen molar-refractivity contribution in [1.29, 1.82) is 0 Å². The Balaban J connectivity index is 1.53. The van der Waals surface area contributed by atoms with Crippen LogP contribution in [0.3, 0.4) is 0 Å². The Kier molecular flexibility index (Phi) is 8.65. The lowest BCUT2D eigenvalue weighted by molar-refractivity contribution is -0.152. The molecule has 0 amide bonds. The molecule has 8 nitrogen and oxygen atoms in total. The predicted molar refractivity (Wildman–Crippen MR) is 119 cm³/mol. The van der Waals surface area contributed by atoms with Crippen LogP contribution >= 0.6 is 0 Å². The number of nitrogens with one attached hydrogen (secondary N) is 1. The summed E-state index contributed by atoms with van der Waals surface area (Å²) in [5.74, 6) is -1.87. The number of esters is 1. The number of aromatic nitrogens is 2. The average Bonchev–Trinajstić information content (AvgIpc) is 3.20. The van der Waals surface area contributed by atoms with Crippen LogP contribution in [0.15, 0.2) is 29.3 Å². The van der Waals surface area contributed by atoms with Crippen LogP contribution in [0.1, 0.15) is 56.9 Å². The summed E-state index contributed by atoms with van der Waals surface area (Å²) in [7, 11) is 0. The summed E-state index contributed by atoms with van der Waals surface area (Å²) in [4.78, 5) is 20.2. The molecule has 1 fully saturated rings. The molecule has 3 rings (SSSR count). The molecule has 1 heterocycles. The van der Waals surface area contributed by atoms with Crippen LogP contribution in [0.4, 0.5) is 35.0 Å². The lowest BCUT2D eigenvalue weighted by Crippen LogP contribution is -2.18.